The zero-order valence-electron chi connectivity index (χ0n) is 20.8. The van der Waals surface area contributed by atoms with Gasteiger partial charge in [-0.2, -0.15) is 11.3 Å². The highest BCUT2D eigenvalue weighted by Gasteiger charge is 2.31. The fourth-order valence-electron chi connectivity index (χ4n) is 3.52. The second-order valence-corrected chi connectivity index (χ2v) is 10.6. The van der Waals surface area contributed by atoms with Crippen LogP contribution >= 0.6 is 11.3 Å². The molecule has 3 atom stereocenters. The molecule has 0 aliphatic rings. The number of hydrogen-bond acceptors (Lipinski definition) is 7. The Bertz CT molecular complexity index is 949. The molecule has 0 aliphatic heterocycles. The van der Waals surface area contributed by atoms with Crippen LogP contribution in [0.15, 0.2) is 41.1 Å². The summed E-state index contributed by atoms with van der Waals surface area (Å²) in [7, 11) is 0. The molecular formula is C26H36N2O5S. The molecule has 186 valence electrons. The summed E-state index contributed by atoms with van der Waals surface area (Å²) in [5.74, 6) is -1.36. The molecule has 2 unspecified atom stereocenters. The summed E-state index contributed by atoms with van der Waals surface area (Å²) in [5, 5.41) is 20.6. The molecule has 1 amide bonds. The van der Waals surface area contributed by atoms with Crippen LogP contribution in [-0.4, -0.2) is 40.6 Å². The largest absolute Gasteiger partial charge is 0.460 e. The SMILES string of the molecule is CC(=O)c1ccc(NC(O)C(CC(C)C)NC(=O)[C@@H](CC(=O)OC(C)(C)C)c2ccsc2)cc1. The van der Waals surface area contributed by atoms with E-state index in [1.54, 1.807) is 45.0 Å². The molecule has 0 saturated heterocycles. The number of nitrogens with one attached hydrogen (secondary N) is 2. The highest BCUT2D eigenvalue weighted by molar-refractivity contribution is 7.08. The van der Waals surface area contributed by atoms with Gasteiger partial charge in [0.15, 0.2) is 5.78 Å². The first kappa shape index (κ1) is 27.5. The van der Waals surface area contributed by atoms with E-state index in [-0.39, 0.29) is 24.0 Å². The number of esters is 1. The first-order valence-electron chi connectivity index (χ1n) is 11.5. The van der Waals surface area contributed by atoms with E-state index >= 15 is 0 Å². The molecule has 0 spiro atoms. The maximum Gasteiger partial charge on any atom is 0.307 e. The molecule has 2 aromatic rings. The van der Waals surface area contributed by atoms with Crippen LogP contribution in [0, 0.1) is 5.92 Å². The Balaban J connectivity index is 2.16. The van der Waals surface area contributed by atoms with Crippen molar-refractivity contribution in [3.63, 3.8) is 0 Å². The zero-order chi connectivity index (χ0) is 25.5. The van der Waals surface area contributed by atoms with Gasteiger partial charge in [-0.25, -0.2) is 0 Å². The van der Waals surface area contributed by atoms with Crippen LogP contribution in [0.3, 0.4) is 0 Å². The number of anilines is 1. The van der Waals surface area contributed by atoms with Gasteiger partial charge < -0.3 is 20.5 Å². The normalized spacial score (nSPS) is 14.2. The van der Waals surface area contributed by atoms with Gasteiger partial charge in [0, 0.05) is 11.3 Å². The van der Waals surface area contributed by atoms with Crippen molar-refractivity contribution in [2.24, 2.45) is 5.92 Å². The number of rotatable bonds is 11. The molecular weight excluding hydrogens is 452 g/mol. The lowest BCUT2D eigenvalue weighted by molar-refractivity contribution is -0.156. The van der Waals surface area contributed by atoms with Crippen molar-refractivity contribution in [2.75, 3.05) is 5.32 Å². The van der Waals surface area contributed by atoms with Gasteiger partial charge in [0.25, 0.3) is 0 Å². The molecule has 0 fully saturated rings. The molecule has 1 aromatic heterocycles. The number of aliphatic hydroxyl groups is 1. The maximum absolute atomic E-state index is 13.3. The smallest absolute Gasteiger partial charge is 0.307 e. The second-order valence-electron chi connectivity index (χ2n) is 9.87. The second kappa shape index (κ2) is 12.1. The van der Waals surface area contributed by atoms with Crippen LogP contribution in [0.4, 0.5) is 5.69 Å². The van der Waals surface area contributed by atoms with Crippen LogP contribution in [0.1, 0.15) is 76.2 Å². The van der Waals surface area contributed by atoms with Crippen LogP contribution < -0.4 is 10.6 Å². The average molecular weight is 489 g/mol. The predicted molar refractivity (Wildman–Crippen MR) is 135 cm³/mol. The predicted octanol–water partition coefficient (Wildman–Crippen LogP) is 4.73. The van der Waals surface area contributed by atoms with Gasteiger partial charge in [0.2, 0.25) is 5.91 Å². The lowest BCUT2D eigenvalue weighted by atomic mass is 9.95. The first-order valence-corrected chi connectivity index (χ1v) is 12.4. The van der Waals surface area contributed by atoms with E-state index in [2.05, 4.69) is 10.6 Å². The van der Waals surface area contributed by atoms with Crippen LogP contribution in [-0.2, 0) is 14.3 Å². The van der Waals surface area contributed by atoms with E-state index in [9.17, 15) is 19.5 Å². The van der Waals surface area contributed by atoms with Gasteiger partial charge in [-0.3, -0.25) is 14.4 Å². The van der Waals surface area contributed by atoms with Gasteiger partial charge in [-0.05, 0) is 86.7 Å². The minimum atomic E-state index is -1.07. The molecule has 1 heterocycles. The summed E-state index contributed by atoms with van der Waals surface area (Å²) in [6.45, 7) is 10.9. The van der Waals surface area contributed by atoms with Crippen molar-refractivity contribution >= 4 is 34.7 Å². The van der Waals surface area contributed by atoms with Crippen molar-refractivity contribution in [3.8, 4) is 0 Å². The summed E-state index contributed by atoms with van der Waals surface area (Å²) in [6, 6.07) is 8.01. The lowest BCUT2D eigenvalue weighted by Crippen LogP contribution is -2.49. The Morgan fingerprint density at radius 1 is 1.09 bits per heavy atom. The molecule has 0 bridgehead atoms. The number of hydrogen-bond donors (Lipinski definition) is 3. The molecule has 2 rings (SSSR count). The number of benzene rings is 1. The molecule has 7 nitrogen and oxygen atoms in total. The Labute approximate surface area is 205 Å². The average Bonchev–Trinajstić information content (AvgIpc) is 3.24. The standard InChI is InChI=1S/C26H36N2O5S/c1-16(2)13-22(25(32)27-20-9-7-18(8-10-20)17(3)29)28-24(31)21(19-11-12-34-15-19)14-23(30)33-26(4,5)6/h7-12,15-16,21-22,25,27,32H,13-14H2,1-6H3,(H,28,31)/t21-,22?,25?/m0/s1. The summed E-state index contributed by atoms with van der Waals surface area (Å²) in [4.78, 5) is 37.3. The number of carbonyl (C=O) groups is 3. The third-order valence-corrected chi connectivity index (χ3v) is 5.79. The number of carbonyl (C=O) groups excluding carboxylic acids is 3. The minimum Gasteiger partial charge on any atom is -0.460 e. The van der Waals surface area contributed by atoms with Gasteiger partial charge in [0.1, 0.15) is 11.8 Å². The van der Waals surface area contributed by atoms with Gasteiger partial charge in [-0.15, -0.1) is 0 Å². The van der Waals surface area contributed by atoms with Gasteiger partial charge >= 0.3 is 5.97 Å². The number of Topliss-reactive ketones (excluding diaryl/α,β-unsaturated/α-hetero) is 1. The number of thiophene rings is 1. The van der Waals surface area contributed by atoms with Crippen molar-refractivity contribution in [3.05, 3.63) is 52.2 Å². The number of aliphatic hydroxyl groups excluding tert-OH is 1. The minimum absolute atomic E-state index is 0.0403. The third kappa shape index (κ3) is 8.91. The maximum atomic E-state index is 13.3. The molecule has 8 heteroatoms. The fourth-order valence-corrected chi connectivity index (χ4v) is 4.23. The molecule has 0 saturated carbocycles. The van der Waals surface area contributed by atoms with Crippen molar-refractivity contribution in [1.82, 2.24) is 5.32 Å². The quantitative estimate of drug-likeness (QED) is 0.240. The molecule has 0 radical (unpaired) electrons. The number of amides is 1. The fraction of sp³-hybridized carbons (Fsp3) is 0.500. The molecule has 0 aliphatic carbocycles. The third-order valence-electron chi connectivity index (χ3n) is 5.09. The topological polar surface area (TPSA) is 105 Å². The monoisotopic (exact) mass is 488 g/mol. The number of ketones is 1. The van der Waals surface area contributed by atoms with E-state index in [4.69, 9.17) is 4.74 Å². The highest BCUT2D eigenvalue weighted by Crippen LogP contribution is 2.25. The van der Waals surface area contributed by atoms with Gasteiger partial charge in [-0.1, -0.05) is 13.8 Å². The Morgan fingerprint density at radius 2 is 1.74 bits per heavy atom. The summed E-state index contributed by atoms with van der Waals surface area (Å²) in [6.07, 6.45) is -0.641. The highest BCUT2D eigenvalue weighted by atomic mass is 32.1. The Hall–Kier alpha value is -2.71. The van der Waals surface area contributed by atoms with E-state index < -0.39 is 29.8 Å². The van der Waals surface area contributed by atoms with Crippen LogP contribution in [0.2, 0.25) is 0 Å². The summed E-state index contributed by atoms with van der Waals surface area (Å²) in [5.41, 5.74) is 1.29. The van der Waals surface area contributed by atoms with Crippen molar-refractivity contribution < 1.29 is 24.2 Å². The van der Waals surface area contributed by atoms with E-state index in [0.29, 0.717) is 17.7 Å². The van der Waals surface area contributed by atoms with E-state index in [1.807, 2.05) is 30.7 Å². The number of ether oxygens (including phenoxy) is 1. The Morgan fingerprint density at radius 3 is 2.24 bits per heavy atom. The van der Waals surface area contributed by atoms with Crippen LogP contribution in [0.5, 0.6) is 0 Å². The zero-order valence-corrected chi connectivity index (χ0v) is 21.6. The molecule has 1 aromatic carbocycles. The van der Waals surface area contributed by atoms with E-state index in [1.165, 1.54) is 18.3 Å². The summed E-state index contributed by atoms with van der Waals surface area (Å²) >= 11 is 1.45. The van der Waals surface area contributed by atoms with Crippen molar-refractivity contribution in [1.29, 1.82) is 0 Å². The van der Waals surface area contributed by atoms with E-state index in [0.717, 1.165) is 5.56 Å². The summed E-state index contributed by atoms with van der Waals surface area (Å²) < 4.78 is 5.44. The van der Waals surface area contributed by atoms with Crippen LogP contribution in [0.25, 0.3) is 0 Å². The molecule has 3 N–H and O–H groups in total. The Kier molecular flexibility index (Phi) is 9.82. The first-order chi connectivity index (χ1) is 15.9. The van der Waals surface area contributed by atoms with Gasteiger partial charge in [0.05, 0.1) is 18.4 Å². The van der Waals surface area contributed by atoms with Crippen molar-refractivity contribution in [2.45, 2.75) is 78.2 Å². The molecule has 34 heavy (non-hydrogen) atoms. The lowest BCUT2D eigenvalue weighted by Gasteiger charge is -2.29.